The molecule has 146 valence electrons. The van der Waals surface area contributed by atoms with Crippen molar-refractivity contribution in [1.82, 2.24) is 9.97 Å². The normalized spacial score (nSPS) is 12.9. The first-order valence-corrected chi connectivity index (χ1v) is 10.3. The Morgan fingerprint density at radius 1 is 1.26 bits per heavy atom. The maximum atomic E-state index is 13.4. The fraction of sp³-hybridized carbons (Fsp3) is 0.368. The first-order valence-electron chi connectivity index (χ1n) is 8.46. The van der Waals surface area contributed by atoms with Crippen LogP contribution in [0.15, 0.2) is 36.9 Å². The molecule has 0 radical (unpaired) electrons. The first kappa shape index (κ1) is 21.0. The smallest absolute Gasteiger partial charge is 0.239 e. The minimum absolute atomic E-state index is 0.00456. The lowest BCUT2D eigenvalue weighted by atomic mass is 9.93. The standard InChI is InChI=1S/C19H24FN3O3S/c1-6-7-15(24)16-17(12(2)3)21-19(23(4)27(5,25)26)22-18(16)13-8-10-14(20)11-9-13/h6,8-12,15,24H,1,7H2,2-5H3. The average Bonchev–Trinajstić information content (AvgIpc) is 2.60. The van der Waals surface area contributed by atoms with Gasteiger partial charge in [0.25, 0.3) is 0 Å². The lowest BCUT2D eigenvalue weighted by molar-refractivity contribution is 0.180. The summed E-state index contributed by atoms with van der Waals surface area (Å²) in [5.74, 6) is -0.512. The Bertz CT molecular complexity index is 928. The van der Waals surface area contributed by atoms with Gasteiger partial charge in [-0.2, -0.15) is 0 Å². The number of aliphatic hydroxyl groups excluding tert-OH is 1. The number of anilines is 1. The maximum Gasteiger partial charge on any atom is 0.239 e. The van der Waals surface area contributed by atoms with Crippen LogP contribution in [0.1, 0.15) is 43.5 Å². The largest absolute Gasteiger partial charge is 0.388 e. The summed E-state index contributed by atoms with van der Waals surface area (Å²) in [7, 11) is -2.21. The van der Waals surface area contributed by atoms with Crippen molar-refractivity contribution in [3.05, 3.63) is 54.0 Å². The maximum absolute atomic E-state index is 13.4. The van der Waals surface area contributed by atoms with E-state index in [0.29, 0.717) is 22.5 Å². The van der Waals surface area contributed by atoms with Gasteiger partial charge >= 0.3 is 0 Å². The van der Waals surface area contributed by atoms with Crippen molar-refractivity contribution in [3.63, 3.8) is 0 Å². The Hall–Kier alpha value is -2.32. The van der Waals surface area contributed by atoms with Gasteiger partial charge in [0, 0.05) is 18.2 Å². The Morgan fingerprint density at radius 3 is 2.33 bits per heavy atom. The highest BCUT2D eigenvalue weighted by atomic mass is 32.2. The Morgan fingerprint density at radius 2 is 1.85 bits per heavy atom. The molecule has 0 spiro atoms. The molecule has 1 N–H and O–H groups in total. The second-order valence-electron chi connectivity index (χ2n) is 6.60. The molecule has 0 fully saturated rings. The lowest BCUT2D eigenvalue weighted by Crippen LogP contribution is -2.28. The van der Waals surface area contributed by atoms with Crippen LogP contribution in [0.5, 0.6) is 0 Å². The van der Waals surface area contributed by atoms with E-state index >= 15 is 0 Å². The molecule has 0 aliphatic heterocycles. The number of sulfonamides is 1. The van der Waals surface area contributed by atoms with E-state index in [4.69, 9.17) is 0 Å². The van der Waals surface area contributed by atoms with Crippen LogP contribution in [0.3, 0.4) is 0 Å². The SMILES string of the molecule is C=CCC(O)c1c(-c2ccc(F)cc2)nc(N(C)S(C)(=O)=O)nc1C(C)C. The topological polar surface area (TPSA) is 83.4 Å². The fourth-order valence-corrected chi connectivity index (χ4v) is 3.01. The molecule has 0 bridgehead atoms. The van der Waals surface area contributed by atoms with Crippen LogP contribution in [0.4, 0.5) is 10.3 Å². The highest BCUT2D eigenvalue weighted by Crippen LogP contribution is 2.35. The van der Waals surface area contributed by atoms with Gasteiger partial charge in [-0.05, 0) is 36.6 Å². The quantitative estimate of drug-likeness (QED) is 0.729. The Labute approximate surface area is 159 Å². The number of hydrogen-bond acceptors (Lipinski definition) is 5. The Balaban J connectivity index is 2.84. The van der Waals surface area contributed by atoms with Crippen molar-refractivity contribution in [2.75, 3.05) is 17.6 Å². The van der Waals surface area contributed by atoms with E-state index in [9.17, 15) is 17.9 Å². The summed E-state index contributed by atoms with van der Waals surface area (Å²) >= 11 is 0. The molecule has 1 atom stereocenters. The van der Waals surface area contributed by atoms with Crippen LogP contribution in [0.25, 0.3) is 11.3 Å². The molecule has 1 unspecified atom stereocenters. The van der Waals surface area contributed by atoms with Crippen molar-refractivity contribution in [2.24, 2.45) is 0 Å². The lowest BCUT2D eigenvalue weighted by Gasteiger charge is -2.23. The van der Waals surface area contributed by atoms with Crippen LogP contribution in [0.2, 0.25) is 0 Å². The molecule has 0 aliphatic rings. The zero-order valence-electron chi connectivity index (χ0n) is 15.8. The van der Waals surface area contributed by atoms with E-state index < -0.39 is 21.9 Å². The van der Waals surface area contributed by atoms with Gasteiger partial charge in [-0.3, -0.25) is 0 Å². The molecule has 1 heterocycles. The van der Waals surface area contributed by atoms with Crippen molar-refractivity contribution in [1.29, 1.82) is 0 Å². The average molecular weight is 393 g/mol. The number of halogens is 1. The zero-order valence-corrected chi connectivity index (χ0v) is 16.7. The minimum Gasteiger partial charge on any atom is -0.388 e. The van der Waals surface area contributed by atoms with Crippen LogP contribution >= 0.6 is 0 Å². The number of hydrogen-bond donors (Lipinski definition) is 1. The van der Waals surface area contributed by atoms with Gasteiger partial charge in [0.05, 0.1) is 23.7 Å². The van der Waals surface area contributed by atoms with Gasteiger partial charge in [0.15, 0.2) is 0 Å². The summed E-state index contributed by atoms with van der Waals surface area (Å²) in [6.07, 6.45) is 2.00. The van der Waals surface area contributed by atoms with Crippen LogP contribution in [0, 0.1) is 5.82 Å². The van der Waals surface area contributed by atoms with E-state index in [-0.39, 0.29) is 18.3 Å². The summed E-state index contributed by atoms with van der Waals surface area (Å²) in [5, 5.41) is 10.7. The van der Waals surface area contributed by atoms with E-state index in [0.717, 1.165) is 10.6 Å². The summed E-state index contributed by atoms with van der Waals surface area (Å²) in [4.78, 5) is 8.82. The zero-order chi connectivity index (χ0) is 20.4. The van der Waals surface area contributed by atoms with Crippen molar-refractivity contribution in [2.45, 2.75) is 32.3 Å². The molecule has 0 saturated carbocycles. The Kier molecular flexibility index (Phi) is 6.33. The van der Waals surface area contributed by atoms with Gasteiger partial charge in [0.2, 0.25) is 16.0 Å². The van der Waals surface area contributed by atoms with Gasteiger partial charge in [0.1, 0.15) is 5.82 Å². The van der Waals surface area contributed by atoms with Crippen LogP contribution < -0.4 is 4.31 Å². The number of nitrogens with zero attached hydrogens (tertiary/aromatic N) is 3. The third-order valence-electron chi connectivity index (χ3n) is 4.13. The summed E-state index contributed by atoms with van der Waals surface area (Å²) in [6, 6.07) is 5.65. The molecular formula is C19H24FN3O3S. The number of benzene rings is 1. The molecule has 1 aromatic heterocycles. The van der Waals surface area contributed by atoms with Gasteiger partial charge in [-0.25, -0.2) is 27.1 Å². The molecule has 2 aromatic rings. The van der Waals surface area contributed by atoms with Crippen molar-refractivity contribution in [3.8, 4) is 11.3 Å². The van der Waals surface area contributed by atoms with E-state index in [1.165, 1.54) is 31.3 Å². The molecule has 8 heteroatoms. The van der Waals surface area contributed by atoms with E-state index in [1.807, 2.05) is 13.8 Å². The summed E-state index contributed by atoms with van der Waals surface area (Å²) in [6.45, 7) is 7.44. The van der Waals surface area contributed by atoms with Crippen molar-refractivity contribution >= 4 is 16.0 Å². The predicted molar refractivity (Wildman–Crippen MR) is 105 cm³/mol. The number of aliphatic hydroxyl groups is 1. The van der Waals surface area contributed by atoms with Crippen LogP contribution in [-0.4, -0.2) is 36.8 Å². The molecule has 0 amide bonds. The molecule has 2 rings (SSSR count). The predicted octanol–water partition coefficient (Wildman–Crippen LogP) is 3.41. The van der Waals surface area contributed by atoms with Crippen LogP contribution in [-0.2, 0) is 10.0 Å². The second kappa shape index (κ2) is 8.14. The molecule has 27 heavy (non-hydrogen) atoms. The minimum atomic E-state index is -3.58. The van der Waals surface area contributed by atoms with E-state index in [2.05, 4.69) is 16.5 Å². The van der Waals surface area contributed by atoms with Gasteiger partial charge in [-0.15, -0.1) is 6.58 Å². The van der Waals surface area contributed by atoms with Gasteiger partial charge in [-0.1, -0.05) is 19.9 Å². The first-order chi connectivity index (χ1) is 12.6. The van der Waals surface area contributed by atoms with Crippen molar-refractivity contribution < 1.29 is 17.9 Å². The second-order valence-corrected chi connectivity index (χ2v) is 8.62. The fourth-order valence-electron chi connectivity index (χ4n) is 2.64. The number of aromatic nitrogens is 2. The molecule has 0 aliphatic carbocycles. The summed E-state index contributed by atoms with van der Waals surface area (Å²) < 4.78 is 38.3. The highest BCUT2D eigenvalue weighted by molar-refractivity contribution is 7.92. The molecular weight excluding hydrogens is 369 g/mol. The molecule has 6 nitrogen and oxygen atoms in total. The highest BCUT2D eigenvalue weighted by Gasteiger charge is 2.26. The molecule has 0 saturated heterocycles. The number of rotatable bonds is 7. The van der Waals surface area contributed by atoms with Gasteiger partial charge < -0.3 is 5.11 Å². The third-order valence-corrected chi connectivity index (χ3v) is 5.29. The summed E-state index contributed by atoms with van der Waals surface area (Å²) in [5.41, 5.74) is 1.95. The third kappa shape index (κ3) is 4.70. The monoisotopic (exact) mass is 393 g/mol. The van der Waals surface area contributed by atoms with E-state index in [1.54, 1.807) is 6.08 Å². The molecule has 1 aromatic carbocycles.